The summed E-state index contributed by atoms with van der Waals surface area (Å²) in [4.78, 5) is 24.2. The van der Waals surface area contributed by atoms with E-state index in [0.717, 1.165) is 5.69 Å². The number of furan rings is 1. The van der Waals surface area contributed by atoms with Gasteiger partial charge in [-0.2, -0.15) is 0 Å². The fraction of sp³-hybridized carbons (Fsp3) is 0.333. The van der Waals surface area contributed by atoms with Crippen molar-refractivity contribution in [2.75, 3.05) is 6.61 Å². The third kappa shape index (κ3) is 1.95. The van der Waals surface area contributed by atoms with Crippen LogP contribution in [-0.2, 0) is 16.1 Å². The summed E-state index contributed by atoms with van der Waals surface area (Å²) >= 11 is 0. The lowest BCUT2D eigenvalue weighted by molar-refractivity contribution is -0.144. The quantitative estimate of drug-likeness (QED) is 0.633. The SMILES string of the molecule is CCOC(=O)C1CCn2c(C(=O)c3ccco3)ccc21. The number of fused-ring (bicyclic) bond motifs is 1. The molecular weight excluding hydrogens is 258 g/mol. The molecule has 0 radical (unpaired) electrons. The molecule has 0 saturated carbocycles. The lowest BCUT2D eigenvalue weighted by Crippen LogP contribution is -2.13. The third-order valence-corrected chi connectivity index (χ3v) is 3.56. The van der Waals surface area contributed by atoms with Gasteiger partial charge in [0, 0.05) is 12.2 Å². The summed E-state index contributed by atoms with van der Waals surface area (Å²) < 4.78 is 12.1. The van der Waals surface area contributed by atoms with E-state index in [2.05, 4.69) is 0 Å². The molecule has 2 aromatic rings. The van der Waals surface area contributed by atoms with Crippen LogP contribution in [0, 0.1) is 0 Å². The molecule has 0 aromatic carbocycles. The number of hydrogen-bond acceptors (Lipinski definition) is 4. The predicted molar refractivity (Wildman–Crippen MR) is 70.6 cm³/mol. The lowest BCUT2D eigenvalue weighted by Gasteiger charge is -2.07. The van der Waals surface area contributed by atoms with Crippen molar-refractivity contribution >= 4 is 11.8 Å². The van der Waals surface area contributed by atoms with Gasteiger partial charge in [-0.1, -0.05) is 0 Å². The van der Waals surface area contributed by atoms with Crippen molar-refractivity contribution in [2.45, 2.75) is 25.8 Å². The van der Waals surface area contributed by atoms with Gasteiger partial charge < -0.3 is 13.7 Å². The van der Waals surface area contributed by atoms with Gasteiger partial charge in [-0.15, -0.1) is 0 Å². The molecule has 1 atom stereocenters. The van der Waals surface area contributed by atoms with Crippen molar-refractivity contribution in [3.8, 4) is 0 Å². The zero-order valence-corrected chi connectivity index (χ0v) is 11.2. The summed E-state index contributed by atoms with van der Waals surface area (Å²) in [6.45, 7) is 2.81. The van der Waals surface area contributed by atoms with Crippen LogP contribution in [0.2, 0.25) is 0 Å². The summed E-state index contributed by atoms with van der Waals surface area (Å²) in [6, 6.07) is 6.89. The van der Waals surface area contributed by atoms with Crippen LogP contribution in [0.3, 0.4) is 0 Å². The molecule has 3 rings (SSSR count). The van der Waals surface area contributed by atoms with Gasteiger partial charge in [-0.25, -0.2) is 0 Å². The Balaban J connectivity index is 1.90. The maximum atomic E-state index is 12.3. The van der Waals surface area contributed by atoms with E-state index in [0.29, 0.717) is 31.0 Å². The number of carbonyl (C=O) groups excluding carboxylic acids is 2. The number of hydrogen-bond donors (Lipinski definition) is 0. The highest BCUT2D eigenvalue weighted by Gasteiger charge is 2.33. The van der Waals surface area contributed by atoms with Gasteiger partial charge in [0.15, 0.2) is 5.76 Å². The molecule has 2 aromatic heterocycles. The Labute approximate surface area is 116 Å². The Bertz CT molecular complexity index is 639. The maximum Gasteiger partial charge on any atom is 0.315 e. The second-order valence-electron chi connectivity index (χ2n) is 4.69. The number of rotatable bonds is 4. The fourth-order valence-electron chi connectivity index (χ4n) is 2.66. The minimum atomic E-state index is -0.270. The highest BCUT2D eigenvalue weighted by atomic mass is 16.5. The Kier molecular flexibility index (Phi) is 3.18. The Hall–Kier alpha value is -2.30. The molecule has 5 heteroatoms. The van der Waals surface area contributed by atoms with E-state index in [1.165, 1.54) is 6.26 Å². The maximum absolute atomic E-state index is 12.3. The summed E-state index contributed by atoms with van der Waals surface area (Å²) in [7, 11) is 0. The molecular formula is C15H15NO4. The lowest BCUT2D eigenvalue weighted by atomic mass is 10.1. The molecule has 20 heavy (non-hydrogen) atoms. The van der Waals surface area contributed by atoms with E-state index < -0.39 is 0 Å². The first kappa shape index (κ1) is 12.7. The minimum Gasteiger partial charge on any atom is -0.465 e. The van der Waals surface area contributed by atoms with Crippen LogP contribution in [0.25, 0.3) is 0 Å². The Morgan fingerprint density at radius 1 is 1.40 bits per heavy atom. The number of nitrogens with zero attached hydrogens (tertiary/aromatic N) is 1. The number of carbonyl (C=O) groups is 2. The van der Waals surface area contributed by atoms with Crippen LogP contribution in [0.15, 0.2) is 34.9 Å². The molecule has 104 valence electrons. The average molecular weight is 273 g/mol. The van der Waals surface area contributed by atoms with Gasteiger partial charge in [-0.05, 0) is 37.6 Å². The van der Waals surface area contributed by atoms with Gasteiger partial charge in [0.05, 0.1) is 24.5 Å². The first-order chi connectivity index (χ1) is 9.72. The molecule has 3 heterocycles. The third-order valence-electron chi connectivity index (χ3n) is 3.56. The molecule has 0 N–H and O–H groups in total. The van der Waals surface area contributed by atoms with Gasteiger partial charge in [0.1, 0.15) is 0 Å². The Morgan fingerprint density at radius 3 is 2.95 bits per heavy atom. The molecule has 1 unspecified atom stereocenters. The van der Waals surface area contributed by atoms with Crippen LogP contribution in [-0.4, -0.2) is 22.9 Å². The highest BCUT2D eigenvalue weighted by Crippen LogP contribution is 2.32. The zero-order chi connectivity index (χ0) is 14.1. The van der Waals surface area contributed by atoms with E-state index in [1.54, 1.807) is 25.1 Å². The van der Waals surface area contributed by atoms with Gasteiger partial charge in [0.2, 0.25) is 5.78 Å². The normalized spacial score (nSPS) is 16.9. The molecule has 0 bridgehead atoms. The van der Waals surface area contributed by atoms with E-state index in [-0.39, 0.29) is 17.7 Å². The minimum absolute atomic E-state index is 0.161. The second-order valence-corrected chi connectivity index (χ2v) is 4.69. The van der Waals surface area contributed by atoms with E-state index in [4.69, 9.17) is 9.15 Å². The molecule has 1 aliphatic heterocycles. The molecule has 0 amide bonds. The summed E-state index contributed by atoms with van der Waals surface area (Å²) in [5.41, 5.74) is 1.40. The number of esters is 1. The van der Waals surface area contributed by atoms with Crippen molar-refractivity contribution in [2.24, 2.45) is 0 Å². The van der Waals surface area contributed by atoms with Crippen LogP contribution >= 0.6 is 0 Å². The summed E-state index contributed by atoms with van der Waals surface area (Å²) in [6.07, 6.45) is 2.15. The monoisotopic (exact) mass is 273 g/mol. The second kappa shape index (κ2) is 5.00. The largest absolute Gasteiger partial charge is 0.465 e. The van der Waals surface area contributed by atoms with E-state index in [1.807, 2.05) is 10.6 Å². The smallest absolute Gasteiger partial charge is 0.315 e. The van der Waals surface area contributed by atoms with Gasteiger partial charge in [-0.3, -0.25) is 9.59 Å². The van der Waals surface area contributed by atoms with Crippen LogP contribution in [0.5, 0.6) is 0 Å². The van der Waals surface area contributed by atoms with Crippen molar-refractivity contribution in [1.82, 2.24) is 4.57 Å². The van der Waals surface area contributed by atoms with Crippen molar-refractivity contribution in [1.29, 1.82) is 0 Å². The first-order valence-corrected chi connectivity index (χ1v) is 6.66. The van der Waals surface area contributed by atoms with E-state index >= 15 is 0 Å². The van der Waals surface area contributed by atoms with Crippen LogP contribution < -0.4 is 0 Å². The molecule has 0 fully saturated rings. The topological polar surface area (TPSA) is 61.4 Å². The van der Waals surface area contributed by atoms with Gasteiger partial charge >= 0.3 is 5.97 Å². The molecule has 0 saturated heterocycles. The van der Waals surface area contributed by atoms with Crippen molar-refractivity contribution < 1.29 is 18.7 Å². The van der Waals surface area contributed by atoms with Gasteiger partial charge in [0.25, 0.3) is 0 Å². The average Bonchev–Trinajstić information content (AvgIpc) is 3.15. The number of ketones is 1. The Morgan fingerprint density at radius 2 is 2.25 bits per heavy atom. The first-order valence-electron chi connectivity index (χ1n) is 6.66. The zero-order valence-electron chi connectivity index (χ0n) is 11.2. The summed E-state index contributed by atoms with van der Waals surface area (Å²) in [5.74, 6) is -0.342. The number of ether oxygens (including phenoxy) is 1. The number of aromatic nitrogens is 1. The van der Waals surface area contributed by atoms with Crippen molar-refractivity contribution in [3.05, 3.63) is 47.7 Å². The molecule has 1 aliphatic rings. The predicted octanol–water partition coefficient (Wildman–Crippen LogP) is 2.36. The highest BCUT2D eigenvalue weighted by molar-refractivity contribution is 6.06. The van der Waals surface area contributed by atoms with Crippen LogP contribution in [0.1, 0.15) is 41.2 Å². The van der Waals surface area contributed by atoms with Crippen LogP contribution in [0.4, 0.5) is 0 Å². The molecule has 0 aliphatic carbocycles. The van der Waals surface area contributed by atoms with E-state index in [9.17, 15) is 9.59 Å². The standard InChI is InChI=1S/C15H15NO4/c1-2-19-15(18)10-7-8-16-11(10)5-6-12(16)14(17)13-4-3-9-20-13/h3-6,9-10H,2,7-8H2,1H3. The fourth-order valence-corrected chi connectivity index (χ4v) is 2.66. The summed E-state index contributed by atoms with van der Waals surface area (Å²) in [5, 5.41) is 0. The molecule has 5 nitrogen and oxygen atoms in total. The molecule has 0 spiro atoms. The van der Waals surface area contributed by atoms with Crippen molar-refractivity contribution in [3.63, 3.8) is 0 Å².